The molecule has 3 unspecified atom stereocenters. The molecule has 4 heteroatoms. The van der Waals surface area contributed by atoms with Gasteiger partial charge in [0.25, 0.3) is 0 Å². The summed E-state index contributed by atoms with van der Waals surface area (Å²) in [6.45, 7) is 3.37. The van der Waals surface area contributed by atoms with Crippen molar-refractivity contribution in [1.29, 1.82) is 0 Å². The number of aliphatic hydroxyl groups excluding tert-OH is 1. The molecular weight excluding hydrogens is 356 g/mol. The maximum Gasteiger partial charge on any atom is 0.140 e. The van der Waals surface area contributed by atoms with Gasteiger partial charge in [-0.2, -0.15) is 0 Å². The Morgan fingerprint density at radius 1 is 1.26 bits per heavy atom. The minimum Gasteiger partial charge on any atom is -0.388 e. The first kappa shape index (κ1) is 20.2. The van der Waals surface area contributed by atoms with E-state index in [-0.39, 0.29) is 11.8 Å². The number of rotatable bonds is 9. The van der Waals surface area contributed by atoms with Gasteiger partial charge in [0.1, 0.15) is 5.78 Å². The second kappa shape index (κ2) is 10.2. The molecule has 3 nitrogen and oxygen atoms in total. The van der Waals surface area contributed by atoms with Crippen LogP contribution in [0.2, 0.25) is 0 Å². The van der Waals surface area contributed by atoms with Gasteiger partial charge in [0, 0.05) is 17.2 Å². The van der Waals surface area contributed by atoms with Crippen LogP contribution < -0.4 is 0 Å². The summed E-state index contributed by atoms with van der Waals surface area (Å²) in [6.07, 6.45) is 5.13. The molecule has 3 rings (SSSR count). The maximum atomic E-state index is 12.7. The van der Waals surface area contributed by atoms with Crippen molar-refractivity contribution in [2.45, 2.75) is 64.1 Å². The van der Waals surface area contributed by atoms with Crippen molar-refractivity contribution in [2.75, 3.05) is 6.61 Å². The molecule has 0 spiro atoms. The molecule has 146 valence electrons. The number of thiophene rings is 1. The molecule has 1 N–H and O–H groups in total. The first-order valence-corrected chi connectivity index (χ1v) is 11.0. The maximum absolute atomic E-state index is 12.7. The SMILES string of the molecule is CCCCC(O)c1ccc(C2C(=O)CCCC2COCc2cccs2)cc1. The highest BCUT2D eigenvalue weighted by Crippen LogP contribution is 2.36. The Kier molecular flexibility index (Phi) is 7.62. The van der Waals surface area contributed by atoms with Crippen LogP contribution in [0.4, 0.5) is 0 Å². The van der Waals surface area contributed by atoms with Crippen molar-refractivity contribution in [1.82, 2.24) is 0 Å². The van der Waals surface area contributed by atoms with Gasteiger partial charge < -0.3 is 9.84 Å². The van der Waals surface area contributed by atoms with Crippen LogP contribution in [0.15, 0.2) is 41.8 Å². The van der Waals surface area contributed by atoms with Crippen molar-refractivity contribution in [2.24, 2.45) is 5.92 Å². The van der Waals surface area contributed by atoms with E-state index < -0.39 is 6.10 Å². The van der Waals surface area contributed by atoms with Crippen LogP contribution in [0, 0.1) is 5.92 Å². The highest BCUT2D eigenvalue weighted by atomic mass is 32.1. The lowest BCUT2D eigenvalue weighted by Crippen LogP contribution is -2.29. The van der Waals surface area contributed by atoms with Crippen LogP contribution in [0.5, 0.6) is 0 Å². The number of benzene rings is 1. The first-order valence-electron chi connectivity index (χ1n) is 10.1. The molecule has 0 bridgehead atoms. The zero-order valence-electron chi connectivity index (χ0n) is 16.1. The molecule has 1 fully saturated rings. The van der Waals surface area contributed by atoms with Gasteiger partial charge in [-0.3, -0.25) is 4.79 Å². The molecule has 1 heterocycles. The predicted octanol–water partition coefficient (Wildman–Crippen LogP) is 5.64. The summed E-state index contributed by atoms with van der Waals surface area (Å²) in [5.41, 5.74) is 2.01. The molecule has 1 saturated carbocycles. The summed E-state index contributed by atoms with van der Waals surface area (Å²) in [5.74, 6) is 0.483. The summed E-state index contributed by atoms with van der Waals surface area (Å²) in [4.78, 5) is 13.9. The van der Waals surface area contributed by atoms with Crippen LogP contribution in [-0.2, 0) is 16.1 Å². The molecule has 1 aromatic carbocycles. The van der Waals surface area contributed by atoms with Gasteiger partial charge in [0.2, 0.25) is 0 Å². The average molecular weight is 387 g/mol. The third-order valence-electron chi connectivity index (χ3n) is 5.48. The molecule has 0 radical (unpaired) electrons. The standard InChI is InChI=1S/C23H30O3S/c1-2-3-8-21(24)17-10-12-18(13-11-17)23-19(6-4-9-22(23)25)15-26-16-20-7-5-14-27-20/h5,7,10-14,19,21,23-24H,2-4,6,8-9,15-16H2,1H3. The predicted molar refractivity (Wildman–Crippen MR) is 110 cm³/mol. The second-order valence-electron chi connectivity index (χ2n) is 7.52. The quantitative estimate of drug-likeness (QED) is 0.606. The summed E-state index contributed by atoms with van der Waals surface area (Å²) >= 11 is 1.70. The lowest BCUT2D eigenvalue weighted by Gasteiger charge is -2.30. The highest BCUT2D eigenvalue weighted by Gasteiger charge is 2.33. The fourth-order valence-corrected chi connectivity index (χ4v) is 4.60. The molecule has 0 saturated heterocycles. The summed E-state index contributed by atoms with van der Waals surface area (Å²) in [6, 6.07) is 12.2. The number of hydrogen-bond donors (Lipinski definition) is 1. The Hall–Kier alpha value is -1.49. The van der Waals surface area contributed by atoms with Gasteiger partial charge in [-0.05, 0) is 47.8 Å². The third kappa shape index (κ3) is 5.50. The fourth-order valence-electron chi connectivity index (χ4n) is 3.96. The molecule has 1 aliphatic rings. The van der Waals surface area contributed by atoms with E-state index in [0.717, 1.165) is 43.2 Å². The number of Topliss-reactive ketones (excluding diaryl/α,β-unsaturated/α-hetero) is 1. The number of hydrogen-bond acceptors (Lipinski definition) is 4. The molecule has 2 aromatic rings. The Morgan fingerprint density at radius 3 is 2.78 bits per heavy atom. The van der Waals surface area contributed by atoms with Crippen molar-refractivity contribution in [3.05, 3.63) is 57.8 Å². The van der Waals surface area contributed by atoms with E-state index in [9.17, 15) is 9.90 Å². The minimum atomic E-state index is -0.411. The van der Waals surface area contributed by atoms with Gasteiger partial charge in [-0.1, -0.05) is 50.1 Å². The Balaban J connectivity index is 1.64. The van der Waals surface area contributed by atoms with Crippen molar-refractivity contribution >= 4 is 17.1 Å². The number of unbranched alkanes of at least 4 members (excludes halogenated alkanes) is 1. The van der Waals surface area contributed by atoms with Crippen LogP contribution in [0.25, 0.3) is 0 Å². The van der Waals surface area contributed by atoms with E-state index in [1.807, 2.05) is 30.3 Å². The number of carbonyl (C=O) groups excluding carboxylic acids is 1. The Bertz CT molecular complexity index is 693. The first-order chi connectivity index (χ1) is 13.2. The normalized spacial score (nSPS) is 21.3. The van der Waals surface area contributed by atoms with E-state index in [0.29, 0.717) is 25.4 Å². The fraction of sp³-hybridized carbons (Fsp3) is 0.522. The van der Waals surface area contributed by atoms with Gasteiger partial charge >= 0.3 is 0 Å². The second-order valence-corrected chi connectivity index (χ2v) is 8.55. The number of carbonyl (C=O) groups is 1. The van der Waals surface area contributed by atoms with Crippen molar-refractivity contribution in [3.8, 4) is 0 Å². The van der Waals surface area contributed by atoms with Crippen molar-refractivity contribution < 1.29 is 14.6 Å². The van der Waals surface area contributed by atoms with Crippen molar-refractivity contribution in [3.63, 3.8) is 0 Å². The topological polar surface area (TPSA) is 46.5 Å². The molecule has 27 heavy (non-hydrogen) atoms. The third-order valence-corrected chi connectivity index (χ3v) is 6.33. The van der Waals surface area contributed by atoms with E-state index in [1.165, 1.54) is 4.88 Å². The monoisotopic (exact) mass is 386 g/mol. The van der Waals surface area contributed by atoms with E-state index in [4.69, 9.17) is 4.74 Å². The molecule has 0 aliphatic heterocycles. The van der Waals surface area contributed by atoms with Crippen LogP contribution in [-0.4, -0.2) is 17.5 Å². The van der Waals surface area contributed by atoms with E-state index in [1.54, 1.807) is 11.3 Å². The molecule has 3 atom stereocenters. The average Bonchev–Trinajstić information content (AvgIpc) is 3.20. The van der Waals surface area contributed by atoms with Gasteiger partial charge in [0.05, 0.1) is 19.3 Å². The van der Waals surface area contributed by atoms with Crippen LogP contribution in [0.3, 0.4) is 0 Å². The zero-order chi connectivity index (χ0) is 19.1. The van der Waals surface area contributed by atoms with E-state index in [2.05, 4.69) is 18.4 Å². The number of ketones is 1. The Morgan fingerprint density at radius 2 is 2.07 bits per heavy atom. The summed E-state index contributed by atoms with van der Waals surface area (Å²) in [7, 11) is 0. The van der Waals surface area contributed by atoms with Gasteiger partial charge in [-0.15, -0.1) is 11.3 Å². The summed E-state index contributed by atoms with van der Waals surface area (Å²) in [5, 5.41) is 12.3. The van der Waals surface area contributed by atoms with E-state index >= 15 is 0 Å². The molecule has 1 aromatic heterocycles. The van der Waals surface area contributed by atoms with Gasteiger partial charge in [-0.25, -0.2) is 0 Å². The van der Waals surface area contributed by atoms with Gasteiger partial charge in [0.15, 0.2) is 0 Å². The number of ether oxygens (including phenoxy) is 1. The smallest absolute Gasteiger partial charge is 0.140 e. The Labute approximate surface area is 166 Å². The summed E-state index contributed by atoms with van der Waals surface area (Å²) < 4.78 is 5.94. The van der Waals surface area contributed by atoms with Crippen LogP contribution >= 0.6 is 11.3 Å². The minimum absolute atomic E-state index is 0.0797. The largest absolute Gasteiger partial charge is 0.388 e. The van der Waals surface area contributed by atoms with Crippen LogP contribution in [0.1, 0.15) is 73.5 Å². The zero-order valence-corrected chi connectivity index (χ0v) is 16.9. The molecule has 1 aliphatic carbocycles. The highest BCUT2D eigenvalue weighted by molar-refractivity contribution is 7.09. The molecule has 0 amide bonds. The lowest BCUT2D eigenvalue weighted by molar-refractivity contribution is -0.124. The molecular formula is C23H30O3S. The lowest BCUT2D eigenvalue weighted by atomic mass is 9.75. The number of aliphatic hydroxyl groups is 1.